The third-order valence-electron chi connectivity index (χ3n) is 2.50. The topological polar surface area (TPSA) is 65.5 Å². The third-order valence-corrected chi connectivity index (χ3v) is 2.50. The zero-order valence-electron chi connectivity index (χ0n) is 10.9. The Morgan fingerprint density at radius 2 is 1.88 bits per heavy atom. The Kier molecular flexibility index (Phi) is 6.43. The maximum absolute atomic E-state index is 11.4. The molecule has 0 saturated heterocycles. The van der Waals surface area contributed by atoms with Gasteiger partial charge in [-0.15, -0.1) is 0 Å². The van der Waals surface area contributed by atoms with Crippen LogP contribution in [0.2, 0.25) is 0 Å². The maximum Gasteiger partial charge on any atom is 0.223 e. The molecule has 0 spiro atoms. The van der Waals surface area contributed by atoms with Crippen molar-refractivity contribution in [1.82, 2.24) is 16.0 Å². The lowest BCUT2D eigenvalue weighted by atomic mass is 10.4. The standard InChI is InChI=1S/C12H24N4O/c1-3-7-15-12(13-4-2)16-9-8-14-11(17)10-5-6-10/h10H,3-9H2,1-2H3,(H,14,17)(H2,13,15,16). The number of guanidine groups is 1. The van der Waals surface area contributed by atoms with Gasteiger partial charge in [-0.05, 0) is 26.2 Å². The Labute approximate surface area is 103 Å². The highest BCUT2D eigenvalue weighted by atomic mass is 16.2. The minimum atomic E-state index is 0.197. The number of nitrogens with zero attached hydrogens (tertiary/aromatic N) is 1. The van der Waals surface area contributed by atoms with Gasteiger partial charge in [0.2, 0.25) is 5.91 Å². The van der Waals surface area contributed by atoms with Crippen LogP contribution in [0.15, 0.2) is 4.99 Å². The monoisotopic (exact) mass is 240 g/mol. The molecule has 0 aromatic carbocycles. The smallest absolute Gasteiger partial charge is 0.223 e. The molecule has 1 aliphatic carbocycles. The zero-order valence-corrected chi connectivity index (χ0v) is 10.9. The third kappa shape index (κ3) is 6.14. The highest BCUT2D eigenvalue weighted by Crippen LogP contribution is 2.28. The summed E-state index contributed by atoms with van der Waals surface area (Å²) in [7, 11) is 0. The second kappa shape index (κ2) is 7.92. The second-order valence-electron chi connectivity index (χ2n) is 4.25. The summed E-state index contributed by atoms with van der Waals surface area (Å²) < 4.78 is 0. The van der Waals surface area contributed by atoms with E-state index in [9.17, 15) is 4.79 Å². The first-order valence-corrected chi connectivity index (χ1v) is 6.57. The van der Waals surface area contributed by atoms with Crippen molar-refractivity contribution in [2.24, 2.45) is 10.9 Å². The van der Waals surface area contributed by atoms with Gasteiger partial charge >= 0.3 is 0 Å². The molecule has 0 aliphatic heterocycles. The molecule has 0 heterocycles. The number of carbonyl (C=O) groups is 1. The highest BCUT2D eigenvalue weighted by Gasteiger charge is 2.28. The SMILES string of the molecule is CCCN=C(NCC)NCCNC(=O)C1CC1. The number of aliphatic imine (C=N–C) groups is 1. The summed E-state index contributed by atoms with van der Waals surface area (Å²) in [6, 6.07) is 0. The maximum atomic E-state index is 11.4. The van der Waals surface area contributed by atoms with Gasteiger partial charge in [-0.1, -0.05) is 6.92 Å². The molecule has 5 heteroatoms. The normalized spacial score (nSPS) is 15.5. The Morgan fingerprint density at radius 3 is 2.47 bits per heavy atom. The van der Waals surface area contributed by atoms with Crippen LogP contribution in [0, 0.1) is 5.92 Å². The van der Waals surface area contributed by atoms with Gasteiger partial charge in [-0.2, -0.15) is 0 Å². The molecule has 0 radical (unpaired) electrons. The van der Waals surface area contributed by atoms with E-state index in [0.717, 1.165) is 38.3 Å². The molecule has 1 amide bonds. The molecule has 1 saturated carbocycles. The molecule has 98 valence electrons. The molecular formula is C12H24N4O. The molecule has 0 unspecified atom stereocenters. The number of rotatable bonds is 7. The zero-order chi connectivity index (χ0) is 12.5. The van der Waals surface area contributed by atoms with Crippen LogP contribution in [0.25, 0.3) is 0 Å². The van der Waals surface area contributed by atoms with Gasteiger partial charge in [0.05, 0.1) is 0 Å². The van der Waals surface area contributed by atoms with Crippen molar-refractivity contribution in [3.63, 3.8) is 0 Å². The minimum Gasteiger partial charge on any atom is -0.357 e. The summed E-state index contributed by atoms with van der Waals surface area (Å²) >= 11 is 0. The van der Waals surface area contributed by atoms with E-state index in [2.05, 4.69) is 27.9 Å². The Morgan fingerprint density at radius 1 is 1.18 bits per heavy atom. The van der Waals surface area contributed by atoms with Crippen molar-refractivity contribution >= 4 is 11.9 Å². The van der Waals surface area contributed by atoms with Gasteiger partial charge in [0.15, 0.2) is 5.96 Å². The number of hydrogen-bond acceptors (Lipinski definition) is 2. The molecule has 1 rings (SSSR count). The van der Waals surface area contributed by atoms with Gasteiger partial charge in [0.1, 0.15) is 0 Å². The highest BCUT2D eigenvalue weighted by molar-refractivity contribution is 5.81. The van der Waals surface area contributed by atoms with Crippen molar-refractivity contribution in [1.29, 1.82) is 0 Å². The summed E-state index contributed by atoms with van der Waals surface area (Å²) in [5, 5.41) is 9.28. The minimum absolute atomic E-state index is 0.197. The average molecular weight is 240 g/mol. The van der Waals surface area contributed by atoms with Crippen LogP contribution in [0.5, 0.6) is 0 Å². The molecule has 17 heavy (non-hydrogen) atoms. The van der Waals surface area contributed by atoms with Crippen LogP contribution in [-0.4, -0.2) is 38.0 Å². The molecule has 0 atom stereocenters. The lowest BCUT2D eigenvalue weighted by molar-refractivity contribution is -0.122. The van der Waals surface area contributed by atoms with Gasteiger partial charge in [0, 0.05) is 32.1 Å². The van der Waals surface area contributed by atoms with Gasteiger partial charge < -0.3 is 16.0 Å². The molecule has 1 fully saturated rings. The number of carbonyl (C=O) groups excluding carboxylic acids is 1. The fraction of sp³-hybridized carbons (Fsp3) is 0.833. The molecule has 0 bridgehead atoms. The van der Waals surface area contributed by atoms with E-state index in [1.165, 1.54) is 0 Å². The van der Waals surface area contributed by atoms with Crippen molar-refractivity contribution in [2.45, 2.75) is 33.1 Å². The lowest BCUT2D eigenvalue weighted by Gasteiger charge is -2.11. The Balaban J connectivity index is 2.10. The first-order valence-electron chi connectivity index (χ1n) is 6.57. The Hall–Kier alpha value is -1.26. The van der Waals surface area contributed by atoms with E-state index in [4.69, 9.17) is 0 Å². The average Bonchev–Trinajstić information content (AvgIpc) is 3.15. The van der Waals surface area contributed by atoms with Gasteiger partial charge in [-0.25, -0.2) is 0 Å². The fourth-order valence-electron chi connectivity index (χ4n) is 1.42. The van der Waals surface area contributed by atoms with Crippen molar-refractivity contribution in [2.75, 3.05) is 26.2 Å². The molecular weight excluding hydrogens is 216 g/mol. The first kappa shape index (κ1) is 13.8. The van der Waals surface area contributed by atoms with E-state index in [1.54, 1.807) is 0 Å². The van der Waals surface area contributed by atoms with Gasteiger partial charge in [-0.3, -0.25) is 9.79 Å². The van der Waals surface area contributed by atoms with Crippen LogP contribution in [0.4, 0.5) is 0 Å². The van der Waals surface area contributed by atoms with Crippen LogP contribution in [0.3, 0.4) is 0 Å². The van der Waals surface area contributed by atoms with Gasteiger partial charge in [0.25, 0.3) is 0 Å². The van der Waals surface area contributed by atoms with Crippen LogP contribution < -0.4 is 16.0 Å². The first-order chi connectivity index (χ1) is 8.27. The summed E-state index contributed by atoms with van der Waals surface area (Å²) in [6.07, 6.45) is 3.15. The molecule has 0 aromatic heterocycles. The molecule has 0 aromatic rings. The second-order valence-corrected chi connectivity index (χ2v) is 4.25. The van der Waals surface area contributed by atoms with Crippen molar-refractivity contribution < 1.29 is 4.79 Å². The number of hydrogen-bond donors (Lipinski definition) is 3. The lowest BCUT2D eigenvalue weighted by Crippen LogP contribution is -2.41. The predicted octanol–water partition coefficient (Wildman–Crippen LogP) is 0.478. The van der Waals surface area contributed by atoms with E-state index in [-0.39, 0.29) is 11.8 Å². The number of amides is 1. The molecule has 3 N–H and O–H groups in total. The van der Waals surface area contributed by atoms with E-state index in [1.807, 2.05) is 6.92 Å². The summed E-state index contributed by atoms with van der Waals surface area (Å²) in [5.41, 5.74) is 0. The van der Waals surface area contributed by atoms with Crippen molar-refractivity contribution in [3.8, 4) is 0 Å². The van der Waals surface area contributed by atoms with Crippen LogP contribution in [0.1, 0.15) is 33.1 Å². The van der Waals surface area contributed by atoms with Crippen LogP contribution in [-0.2, 0) is 4.79 Å². The summed E-state index contributed by atoms with van der Waals surface area (Å²) in [5.74, 6) is 1.31. The number of nitrogens with one attached hydrogen (secondary N) is 3. The van der Waals surface area contributed by atoms with E-state index >= 15 is 0 Å². The van der Waals surface area contributed by atoms with E-state index < -0.39 is 0 Å². The largest absolute Gasteiger partial charge is 0.357 e. The summed E-state index contributed by atoms with van der Waals surface area (Å²) in [6.45, 7) is 7.19. The quantitative estimate of drug-likeness (QED) is 0.344. The Bertz CT molecular complexity index is 261. The predicted molar refractivity (Wildman–Crippen MR) is 70.0 cm³/mol. The summed E-state index contributed by atoms with van der Waals surface area (Å²) in [4.78, 5) is 15.7. The van der Waals surface area contributed by atoms with Crippen LogP contribution >= 0.6 is 0 Å². The van der Waals surface area contributed by atoms with E-state index in [0.29, 0.717) is 13.1 Å². The fourth-order valence-corrected chi connectivity index (χ4v) is 1.42. The molecule has 1 aliphatic rings. The van der Waals surface area contributed by atoms with Crippen molar-refractivity contribution in [3.05, 3.63) is 0 Å². The molecule has 5 nitrogen and oxygen atoms in total.